The second-order valence-corrected chi connectivity index (χ2v) is 3.76. The zero-order valence-electron chi connectivity index (χ0n) is 8.98. The van der Waals surface area contributed by atoms with Crippen LogP contribution in [0.1, 0.15) is 12.6 Å². The Morgan fingerprint density at radius 2 is 2.47 bits per heavy atom. The number of anilines is 1. The summed E-state index contributed by atoms with van der Waals surface area (Å²) >= 11 is 0. The van der Waals surface area contributed by atoms with E-state index in [0.717, 1.165) is 0 Å². The molecule has 0 aliphatic carbocycles. The Labute approximate surface area is 96.6 Å². The van der Waals surface area contributed by atoms with Crippen LogP contribution in [0.4, 0.5) is 5.95 Å². The lowest BCUT2D eigenvalue weighted by Crippen LogP contribution is -2.25. The Kier molecular flexibility index (Phi) is 3.38. The minimum absolute atomic E-state index is 0.147. The van der Waals surface area contributed by atoms with E-state index in [2.05, 4.69) is 10.4 Å². The lowest BCUT2D eigenvalue weighted by atomic mass is 10.2. The van der Waals surface area contributed by atoms with Gasteiger partial charge in [-0.2, -0.15) is 4.98 Å². The molecule has 8 nitrogen and oxygen atoms in total. The lowest BCUT2D eigenvalue weighted by Gasteiger charge is -2.17. The molecule has 0 aromatic carbocycles. The number of hydrazine groups is 1. The molecule has 2 rings (SSSR count). The summed E-state index contributed by atoms with van der Waals surface area (Å²) in [5, 5.41) is 18.6. The summed E-state index contributed by atoms with van der Waals surface area (Å²) in [6.07, 6.45) is -0.132. The number of rotatable bonds is 3. The van der Waals surface area contributed by atoms with E-state index >= 15 is 0 Å². The Bertz CT molecular complexity index is 449. The van der Waals surface area contributed by atoms with Crippen molar-refractivity contribution in [2.45, 2.75) is 24.9 Å². The summed E-state index contributed by atoms with van der Waals surface area (Å²) in [4.78, 5) is 14.7. The zero-order chi connectivity index (χ0) is 12.4. The second-order valence-electron chi connectivity index (χ2n) is 3.76. The van der Waals surface area contributed by atoms with Crippen molar-refractivity contribution in [3.05, 3.63) is 22.6 Å². The van der Waals surface area contributed by atoms with Crippen molar-refractivity contribution in [3.63, 3.8) is 0 Å². The van der Waals surface area contributed by atoms with E-state index in [1.165, 1.54) is 16.8 Å². The highest BCUT2D eigenvalue weighted by molar-refractivity contribution is 5.23. The zero-order valence-corrected chi connectivity index (χ0v) is 8.98. The van der Waals surface area contributed by atoms with E-state index < -0.39 is 24.0 Å². The first kappa shape index (κ1) is 12.0. The molecule has 8 heteroatoms. The van der Waals surface area contributed by atoms with Crippen LogP contribution in [0.3, 0.4) is 0 Å². The van der Waals surface area contributed by atoms with Crippen LogP contribution in [0.2, 0.25) is 0 Å². The number of hydrogen-bond donors (Lipinski definition) is 4. The fourth-order valence-electron chi connectivity index (χ4n) is 1.80. The predicted molar refractivity (Wildman–Crippen MR) is 57.9 cm³/mol. The standard InChI is InChI=1S/C9H14N4O4/c10-12-9-11-7(16)1-2-13(9)8-3-5(15)6(4-14)17-8/h1-2,5-6,8,14-15H,3-4,10H2,(H,11,12,16)/t5-,6+,8+/m0/s1. The monoisotopic (exact) mass is 242 g/mol. The van der Waals surface area contributed by atoms with Crippen molar-refractivity contribution in [1.29, 1.82) is 0 Å². The van der Waals surface area contributed by atoms with E-state index in [-0.39, 0.29) is 12.6 Å². The maximum Gasteiger partial charge on any atom is 0.274 e. The van der Waals surface area contributed by atoms with Crippen molar-refractivity contribution < 1.29 is 14.9 Å². The second kappa shape index (κ2) is 4.80. The number of nitrogen functional groups attached to an aromatic ring is 1. The molecule has 1 aromatic heterocycles. The largest absolute Gasteiger partial charge is 0.394 e. The van der Waals surface area contributed by atoms with Gasteiger partial charge in [0.05, 0.1) is 12.7 Å². The van der Waals surface area contributed by atoms with Crippen LogP contribution in [0, 0.1) is 0 Å². The van der Waals surface area contributed by atoms with Crippen molar-refractivity contribution in [3.8, 4) is 0 Å². The molecule has 94 valence electrons. The third kappa shape index (κ3) is 2.29. The van der Waals surface area contributed by atoms with Crippen molar-refractivity contribution in [1.82, 2.24) is 9.55 Å². The van der Waals surface area contributed by atoms with Gasteiger partial charge in [0.1, 0.15) is 12.3 Å². The number of nitrogens with zero attached hydrogens (tertiary/aromatic N) is 2. The number of aliphatic hydroxyl groups is 2. The van der Waals surface area contributed by atoms with Gasteiger partial charge >= 0.3 is 0 Å². The van der Waals surface area contributed by atoms with E-state index in [1.807, 2.05) is 0 Å². The van der Waals surface area contributed by atoms with Crippen LogP contribution in [-0.4, -0.2) is 38.6 Å². The summed E-state index contributed by atoms with van der Waals surface area (Å²) in [6.45, 7) is -0.267. The summed E-state index contributed by atoms with van der Waals surface area (Å²) in [6, 6.07) is 1.27. The Morgan fingerprint density at radius 3 is 3.06 bits per heavy atom. The summed E-state index contributed by atoms with van der Waals surface area (Å²) in [5.74, 6) is 5.40. The van der Waals surface area contributed by atoms with Crippen LogP contribution >= 0.6 is 0 Å². The van der Waals surface area contributed by atoms with E-state index in [0.29, 0.717) is 6.42 Å². The highest BCUT2D eigenvalue weighted by Gasteiger charge is 2.34. The minimum atomic E-state index is -0.755. The van der Waals surface area contributed by atoms with E-state index in [1.54, 1.807) is 0 Å². The third-order valence-electron chi connectivity index (χ3n) is 2.66. The fraction of sp³-hybridized carbons (Fsp3) is 0.556. The van der Waals surface area contributed by atoms with Gasteiger partial charge in [0, 0.05) is 18.7 Å². The molecule has 0 bridgehead atoms. The van der Waals surface area contributed by atoms with Gasteiger partial charge in [0.15, 0.2) is 0 Å². The van der Waals surface area contributed by atoms with Gasteiger partial charge < -0.3 is 14.9 Å². The third-order valence-corrected chi connectivity index (χ3v) is 2.66. The van der Waals surface area contributed by atoms with Crippen LogP contribution in [0.15, 0.2) is 17.1 Å². The number of nitrogens with one attached hydrogen (secondary N) is 1. The first-order valence-electron chi connectivity index (χ1n) is 5.16. The molecule has 17 heavy (non-hydrogen) atoms. The van der Waals surface area contributed by atoms with Gasteiger partial charge in [0.2, 0.25) is 5.95 Å². The first-order valence-corrected chi connectivity index (χ1v) is 5.16. The number of ether oxygens (including phenoxy) is 1. The van der Waals surface area contributed by atoms with Crippen LogP contribution in [-0.2, 0) is 4.74 Å². The maximum atomic E-state index is 11.1. The molecule has 0 amide bonds. The SMILES string of the molecule is NNc1nc(=O)ccn1[C@H]1C[C@H](O)[C@@H](CO)O1. The fourth-order valence-corrected chi connectivity index (χ4v) is 1.80. The van der Waals surface area contributed by atoms with E-state index in [9.17, 15) is 9.90 Å². The molecular weight excluding hydrogens is 228 g/mol. The van der Waals surface area contributed by atoms with Gasteiger partial charge in [-0.15, -0.1) is 0 Å². The summed E-state index contributed by atoms with van der Waals surface area (Å²) in [7, 11) is 0. The number of nitrogens with two attached hydrogens (primary N) is 1. The lowest BCUT2D eigenvalue weighted by molar-refractivity contribution is -0.0441. The average Bonchev–Trinajstić information content (AvgIpc) is 2.70. The molecule has 1 aliphatic heterocycles. The highest BCUT2D eigenvalue weighted by Crippen LogP contribution is 2.29. The smallest absolute Gasteiger partial charge is 0.274 e. The molecule has 1 aliphatic rings. The minimum Gasteiger partial charge on any atom is -0.394 e. The molecule has 1 fully saturated rings. The summed E-state index contributed by atoms with van der Waals surface area (Å²) in [5.41, 5.74) is 1.86. The Morgan fingerprint density at radius 1 is 1.71 bits per heavy atom. The molecule has 0 radical (unpaired) electrons. The van der Waals surface area contributed by atoms with Gasteiger partial charge in [-0.1, -0.05) is 0 Å². The molecule has 5 N–H and O–H groups in total. The van der Waals surface area contributed by atoms with Crippen LogP contribution in [0.5, 0.6) is 0 Å². The van der Waals surface area contributed by atoms with Crippen LogP contribution < -0.4 is 16.8 Å². The van der Waals surface area contributed by atoms with Gasteiger partial charge in [-0.3, -0.25) is 14.8 Å². The highest BCUT2D eigenvalue weighted by atomic mass is 16.5. The molecule has 0 saturated carbocycles. The van der Waals surface area contributed by atoms with Gasteiger partial charge in [-0.05, 0) is 0 Å². The van der Waals surface area contributed by atoms with Crippen LogP contribution in [0.25, 0.3) is 0 Å². The maximum absolute atomic E-state index is 11.1. The number of aliphatic hydroxyl groups excluding tert-OH is 2. The molecule has 0 unspecified atom stereocenters. The van der Waals surface area contributed by atoms with E-state index in [4.69, 9.17) is 15.7 Å². The molecule has 2 heterocycles. The Balaban J connectivity index is 2.26. The van der Waals surface area contributed by atoms with Crippen molar-refractivity contribution in [2.24, 2.45) is 5.84 Å². The Hall–Kier alpha value is -1.48. The predicted octanol–water partition coefficient (Wildman–Crippen LogP) is -1.83. The first-order chi connectivity index (χ1) is 8.15. The van der Waals surface area contributed by atoms with Crippen molar-refractivity contribution in [2.75, 3.05) is 12.0 Å². The molecule has 1 aromatic rings. The summed E-state index contributed by atoms with van der Waals surface area (Å²) < 4.78 is 6.92. The normalized spacial score (nSPS) is 28.3. The molecule has 0 spiro atoms. The molecule has 3 atom stereocenters. The van der Waals surface area contributed by atoms with Crippen molar-refractivity contribution >= 4 is 5.95 Å². The molecular formula is C9H14N4O4. The van der Waals surface area contributed by atoms with Gasteiger partial charge in [-0.25, -0.2) is 5.84 Å². The number of aromatic nitrogens is 2. The quantitative estimate of drug-likeness (QED) is 0.363. The average molecular weight is 242 g/mol. The van der Waals surface area contributed by atoms with Gasteiger partial charge in [0.25, 0.3) is 5.56 Å². The molecule has 1 saturated heterocycles. The topological polar surface area (TPSA) is 123 Å². The number of hydrogen-bond acceptors (Lipinski definition) is 7.